The average molecular weight is 473 g/mol. The van der Waals surface area contributed by atoms with Gasteiger partial charge < -0.3 is 14.8 Å². The minimum absolute atomic E-state index is 0.0642. The first-order valence-corrected chi connectivity index (χ1v) is 11.3. The second-order valence-electron chi connectivity index (χ2n) is 7.96. The zero-order valence-electron chi connectivity index (χ0n) is 18.2. The van der Waals surface area contributed by atoms with Gasteiger partial charge in [0.2, 0.25) is 0 Å². The van der Waals surface area contributed by atoms with Crippen LogP contribution in [0.4, 0.5) is 0 Å². The topological polar surface area (TPSA) is 71.3 Å². The molecule has 0 spiro atoms. The van der Waals surface area contributed by atoms with Crippen LogP contribution in [0, 0.1) is 17.2 Å². The summed E-state index contributed by atoms with van der Waals surface area (Å²) in [4.78, 5) is 12.6. The Morgan fingerprint density at radius 1 is 1.16 bits per heavy atom. The Kier molecular flexibility index (Phi) is 8.44. The predicted molar refractivity (Wildman–Crippen MR) is 127 cm³/mol. The number of hydrogen-bond donors (Lipinski definition) is 1. The SMILES string of the molecule is COc1cc(/C=C(\C#N)C(=O)N[C@@H]2CCCC[C@H]2C)ccc1OCc1ccc(Cl)c(Cl)c1. The molecule has 1 aliphatic rings. The molecule has 1 fully saturated rings. The molecule has 0 radical (unpaired) electrons. The molecule has 0 aliphatic heterocycles. The number of ether oxygens (including phenoxy) is 2. The van der Waals surface area contributed by atoms with Crippen molar-refractivity contribution < 1.29 is 14.3 Å². The molecule has 1 amide bonds. The Bertz CT molecular complexity index is 1050. The van der Waals surface area contributed by atoms with Crippen LogP contribution in [-0.4, -0.2) is 19.1 Å². The fourth-order valence-corrected chi connectivity index (χ4v) is 4.10. The van der Waals surface area contributed by atoms with Gasteiger partial charge in [-0.15, -0.1) is 0 Å². The van der Waals surface area contributed by atoms with Gasteiger partial charge in [-0.05, 0) is 60.2 Å². The number of nitrogens with zero attached hydrogens (tertiary/aromatic N) is 1. The molecule has 0 aromatic heterocycles. The number of nitriles is 1. The molecule has 2 aromatic rings. The van der Waals surface area contributed by atoms with Gasteiger partial charge in [-0.2, -0.15) is 5.26 Å². The third kappa shape index (κ3) is 6.18. The number of carbonyl (C=O) groups is 1. The predicted octanol–water partition coefficient (Wildman–Crippen LogP) is 6.18. The van der Waals surface area contributed by atoms with Crippen molar-refractivity contribution in [2.75, 3.05) is 7.11 Å². The highest BCUT2D eigenvalue weighted by Gasteiger charge is 2.24. The van der Waals surface area contributed by atoms with Crippen molar-refractivity contribution in [1.82, 2.24) is 5.32 Å². The maximum atomic E-state index is 12.6. The summed E-state index contributed by atoms with van der Waals surface area (Å²) in [7, 11) is 1.54. The number of rotatable bonds is 7. The lowest BCUT2D eigenvalue weighted by Gasteiger charge is -2.29. The number of halogens is 2. The lowest BCUT2D eigenvalue weighted by atomic mass is 9.86. The highest BCUT2D eigenvalue weighted by atomic mass is 35.5. The molecule has 1 N–H and O–H groups in total. The summed E-state index contributed by atoms with van der Waals surface area (Å²) in [6.45, 7) is 2.43. The standard InChI is InChI=1S/C25H26Cl2N2O3/c1-16-5-3-4-6-22(16)29-25(30)19(14-28)11-17-8-10-23(24(13-17)31-2)32-15-18-7-9-20(26)21(27)12-18/h7-13,16,22H,3-6,15H2,1-2H3,(H,29,30)/b19-11+/t16-,22-/m1/s1. The molecule has 168 valence electrons. The van der Waals surface area contributed by atoms with E-state index in [0.29, 0.717) is 33.0 Å². The monoisotopic (exact) mass is 472 g/mol. The molecule has 7 heteroatoms. The van der Waals surface area contributed by atoms with Gasteiger partial charge in [0.05, 0.1) is 17.2 Å². The van der Waals surface area contributed by atoms with Crippen LogP contribution in [0.25, 0.3) is 6.08 Å². The number of hydrogen-bond acceptors (Lipinski definition) is 4. The largest absolute Gasteiger partial charge is 0.493 e. The molecular formula is C25H26Cl2N2O3. The number of carbonyl (C=O) groups excluding carboxylic acids is 1. The molecule has 1 saturated carbocycles. The quantitative estimate of drug-likeness (QED) is 0.385. The summed E-state index contributed by atoms with van der Waals surface area (Å²) in [5, 5.41) is 13.5. The van der Waals surface area contributed by atoms with Crippen molar-refractivity contribution in [2.24, 2.45) is 5.92 Å². The molecule has 32 heavy (non-hydrogen) atoms. The van der Waals surface area contributed by atoms with Gasteiger partial charge in [0.15, 0.2) is 11.5 Å². The Balaban J connectivity index is 1.71. The van der Waals surface area contributed by atoms with Gasteiger partial charge in [-0.1, -0.05) is 55.1 Å². The van der Waals surface area contributed by atoms with E-state index in [1.165, 1.54) is 13.5 Å². The van der Waals surface area contributed by atoms with Crippen LogP contribution < -0.4 is 14.8 Å². The van der Waals surface area contributed by atoms with Crippen LogP contribution in [0.3, 0.4) is 0 Å². The van der Waals surface area contributed by atoms with Crippen LogP contribution in [0.1, 0.15) is 43.7 Å². The van der Waals surface area contributed by atoms with Gasteiger partial charge in [0, 0.05) is 6.04 Å². The van der Waals surface area contributed by atoms with Gasteiger partial charge >= 0.3 is 0 Å². The normalized spacial score (nSPS) is 18.5. The summed E-state index contributed by atoms with van der Waals surface area (Å²) >= 11 is 12.0. The summed E-state index contributed by atoms with van der Waals surface area (Å²) in [6, 6.07) is 12.7. The van der Waals surface area contributed by atoms with E-state index in [2.05, 4.69) is 12.2 Å². The van der Waals surface area contributed by atoms with E-state index in [-0.39, 0.29) is 24.1 Å². The summed E-state index contributed by atoms with van der Waals surface area (Å²) in [6.07, 6.45) is 5.89. The van der Waals surface area contributed by atoms with Crippen molar-refractivity contribution in [3.8, 4) is 17.6 Å². The molecule has 3 rings (SSSR count). The molecule has 0 heterocycles. The Morgan fingerprint density at radius 3 is 2.62 bits per heavy atom. The Morgan fingerprint density at radius 2 is 1.94 bits per heavy atom. The molecule has 2 aromatic carbocycles. The van der Waals surface area contributed by atoms with Gasteiger partial charge in [0.25, 0.3) is 5.91 Å². The van der Waals surface area contributed by atoms with Crippen LogP contribution in [0.5, 0.6) is 11.5 Å². The third-order valence-electron chi connectivity index (χ3n) is 5.67. The van der Waals surface area contributed by atoms with E-state index in [1.54, 1.807) is 36.4 Å². The molecule has 0 unspecified atom stereocenters. The zero-order valence-corrected chi connectivity index (χ0v) is 19.7. The number of methoxy groups -OCH3 is 1. The van der Waals surface area contributed by atoms with Crippen molar-refractivity contribution >= 4 is 35.2 Å². The summed E-state index contributed by atoms with van der Waals surface area (Å²) in [5.74, 6) is 1.11. The summed E-state index contributed by atoms with van der Waals surface area (Å²) in [5.41, 5.74) is 1.60. The fourth-order valence-electron chi connectivity index (χ4n) is 3.78. The minimum Gasteiger partial charge on any atom is -0.493 e. The van der Waals surface area contributed by atoms with Crippen LogP contribution in [-0.2, 0) is 11.4 Å². The van der Waals surface area contributed by atoms with Gasteiger partial charge in [-0.25, -0.2) is 0 Å². The Labute approximate surface area is 198 Å². The van der Waals surface area contributed by atoms with Gasteiger partial charge in [-0.3, -0.25) is 4.79 Å². The minimum atomic E-state index is -0.342. The molecule has 0 saturated heterocycles. The number of nitrogens with one attached hydrogen (secondary N) is 1. The van der Waals surface area contributed by atoms with E-state index < -0.39 is 0 Å². The van der Waals surface area contributed by atoms with E-state index in [9.17, 15) is 10.1 Å². The fraction of sp³-hybridized carbons (Fsp3) is 0.360. The Hall–Kier alpha value is -2.68. The number of amides is 1. The molecule has 5 nitrogen and oxygen atoms in total. The molecular weight excluding hydrogens is 447 g/mol. The van der Waals surface area contributed by atoms with E-state index in [1.807, 2.05) is 12.1 Å². The maximum Gasteiger partial charge on any atom is 0.262 e. The third-order valence-corrected chi connectivity index (χ3v) is 6.41. The van der Waals surface area contributed by atoms with Gasteiger partial charge in [0.1, 0.15) is 18.2 Å². The zero-order chi connectivity index (χ0) is 23.1. The van der Waals surface area contributed by atoms with E-state index in [0.717, 1.165) is 24.8 Å². The second kappa shape index (κ2) is 11.3. The van der Waals surface area contributed by atoms with E-state index in [4.69, 9.17) is 32.7 Å². The van der Waals surface area contributed by atoms with Crippen LogP contribution >= 0.6 is 23.2 Å². The lowest BCUT2D eigenvalue weighted by molar-refractivity contribution is -0.118. The molecule has 2 atom stereocenters. The van der Waals surface area contributed by atoms with Crippen LogP contribution in [0.2, 0.25) is 10.0 Å². The smallest absolute Gasteiger partial charge is 0.262 e. The van der Waals surface area contributed by atoms with Crippen molar-refractivity contribution in [2.45, 2.75) is 45.3 Å². The lowest BCUT2D eigenvalue weighted by Crippen LogP contribution is -2.41. The first-order valence-electron chi connectivity index (χ1n) is 10.6. The van der Waals surface area contributed by atoms with Crippen molar-refractivity contribution in [3.63, 3.8) is 0 Å². The molecule has 1 aliphatic carbocycles. The number of benzene rings is 2. The first kappa shape index (κ1) is 24.0. The van der Waals surface area contributed by atoms with Crippen molar-refractivity contribution in [1.29, 1.82) is 5.26 Å². The molecule has 0 bridgehead atoms. The van der Waals surface area contributed by atoms with E-state index >= 15 is 0 Å². The summed E-state index contributed by atoms with van der Waals surface area (Å²) < 4.78 is 11.3. The van der Waals surface area contributed by atoms with Crippen molar-refractivity contribution in [3.05, 3.63) is 63.1 Å². The average Bonchev–Trinajstić information content (AvgIpc) is 2.80. The highest BCUT2D eigenvalue weighted by Crippen LogP contribution is 2.31. The maximum absolute atomic E-state index is 12.6. The van der Waals surface area contributed by atoms with Crippen LogP contribution in [0.15, 0.2) is 42.0 Å². The first-order chi connectivity index (χ1) is 15.4. The second-order valence-corrected chi connectivity index (χ2v) is 8.77. The highest BCUT2D eigenvalue weighted by molar-refractivity contribution is 6.42.